The molecule has 1 aromatic heterocycles. The second-order valence-corrected chi connectivity index (χ2v) is 10.7. The average molecular weight is 467 g/mol. The number of carbonyl (C=O) groups is 1. The average Bonchev–Trinajstić information content (AvgIpc) is 3.14. The summed E-state index contributed by atoms with van der Waals surface area (Å²) in [4.78, 5) is 19.8. The second-order valence-electron chi connectivity index (χ2n) is 8.14. The first-order chi connectivity index (χ1) is 14.7. The van der Waals surface area contributed by atoms with Gasteiger partial charge in [-0.1, -0.05) is 31.5 Å². The maximum absolute atomic E-state index is 12.9. The van der Waals surface area contributed by atoms with Crippen LogP contribution in [0.1, 0.15) is 31.5 Å². The zero-order valence-electron chi connectivity index (χ0n) is 18.1. The standard InChI is InChI=1S/C21H30N4O4S2/c1-15(2)12-19(24-31(27,28)18-6-4-16(3)5-7-18)20(26)23-21-22-17(14-30-21)13-25-8-10-29-11-9-25/h4-7,14-15,19,24H,8-13H2,1-3H3,(H,22,23,26)/t19-/m1/s1. The smallest absolute Gasteiger partial charge is 0.244 e. The summed E-state index contributed by atoms with van der Waals surface area (Å²) in [6, 6.07) is 5.66. The van der Waals surface area contributed by atoms with Crippen molar-refractivity contribution in [2.75, 3.05) is 31.6 Å². The third-order valence-electron chi connectivity index (χ3n) is 4.92. The van der Waals surface area contributed by atoms with E-state index < -0.39 is 22.0 Å². The van der Waals surface area contributed by atoms with Crippen molar-refractivity contribution in [3.05, 3.63) is 40.9 Å². The molecule has 0 saturated carbocycles. The molecule has 1 saturated heterocycles. The predicted octanol–water partition coefficient (Wildman–Crippen LogP) is 2.62. The highest BCUT2D eigenvalue weighted by molar-refractivity contribution is 7.89. The second kappa shape index (κ2) is 10.6. The number of hydrogen-bond donors (Lipinski definition) is 2. The number of morpholine rings is 1. The molecule has 31 heavy (non-hydrogen) atoms. The minimum atomic E-state index is -3.82. The van der Waals surface area contributed by atoms with Gasteiger partial charge in [0.05, 0.1) is 23.8 Å². The Kier molecular flexibility index (Phi) is 8.17. The molecule has 0 spiro atoms. The molecule has 2 aromatic rings. The maximum atomic E-state index is 12.9. The summed E-state index contributed by atoms with van der Waals surface area (Å²) in [5, 5.41) is 5.17. The number of nitrogens with zero attached hydrogens (tertiary/aromatic N) is 2. The highest BCUT2D eigenvalue weighted by Gasteiger charge is 2.27. The Labute approximate surface area is 188 Å². The van der Waals surface area contributed by atoms with E-state index in [2.05, 4.69) is 19.9 Å². The summed E-state index contributed by atoms with van der Waals surface area (Å²) >= 11 is 1.34. The van der Waals surface area contributed by atoms with Gasteiger partial charge in [0.1, 0.15) is 6.04 Å². The van der Waals surface area contributed by atoms with Crippen LogP contribution in [0.5, 0.6) is 0 Å². The lowest BCUT2D eigenvalue weighted by Gasteiger charge is -2.25. The van der Waals surface area contributed by atoms with Gasteiger partial charge in [0.2, 0.25) is 15.9 Å². The van der Waals surface area contributed by atoms with Gasteiger partial charge in [-0.05, 0) is 31.4 Å². The lowest BCUT2D eigenvalue weighted by Crippen LogP contribution is -2.44. The molecule has 0 unspecified atom stereocenters. The van der Waals surface area contributed by atoms with Crippen LogP contribution in [0.2, 0.25) is 0 Å². The highest BCUT2D eigenvalue weighted by Crippen LogP contribution is 2.19. The monoisotopic (exact) mass is 466 g/mol. The summed E-state index contributed by atoms with van der Waals surface area (Å²) in [7, 11) is -3.82. The predicted molar refractivity (Wildman–Crippen MR) is 122 cm³/mol. The van der Waals surface area contributed by atoms with E-state index in [4.69, 9.17) is 4.74 Å². The number of sulfonamides is 1. The number of anilines is 1. The largest absolute Gasteiger partial charge is 0.379 e. The minimum absolute atomic E-state index is 0.129. The van der Waals surface area contributed by atoms with Gasteiger partial charge in [-0.15, -0.1) is 11.3 Å². The zero-order valence-corrected chi connectivity index (χ0v) is 19.8. The molecule has 1 amide bonds. The Bertz CT molecular complexity index is 968. The molecular formula is C21H30N4O4S2. The van der Waals surface area contributed by atoms with Crippen molar-refractivity contribution >= 4 is 32.4 Å². The van der Waals surface area contributed by atoms with Crippen LogP contribution >= 0.6 is 11.3 Å². The van der Waals surface area contributed by atoms with Crippen LogP contribution in [0.25, 0.3) is 0 Å². The Balaban J connectivity index is 1.66. The van der Waals surface area contributed by atoms with Gasteiger partial charge in [-0.25, -0.2) is 13.4 Å². The van der Waals surface area contributed by atoms with Gasteiger partial charge < -0.3 is 10.1 Å². The molecule has 1 aromatic carbocycles. The van der Waals surface area contributed by atoms with Crippen molar-refractivity contribution in [2.45, 2.75) is 44.7 Å². The molecule has 1 aliphatic rings. The number of thiazole rings is 1. The van der Waals surface area contributed by atoms with Gasteiger partial charge in [-0.2, -0.15) is 4.72 Å². The van der Waals surface area contributed by atoms with E-state index in [1.807, 2.05) is 26.2 Å². The van der Waals surface area contributed by atoms with E-state index >= 15 is 0 Å². The van der Waals surface area contributed by atoms with Crippen LogP contribution in [0.3, 0.4) is 0 Å². The molecule has 1 fully saturated rings. The van der Waals surface area contributed by atoms with Crippen molar-refractivity contribution in [3.63, 3.8) is 0 Å². The Hall–Kier alpha value is -1.85. The molecule has 8 nitrogen and oxygen atoms in total. The van der Waals surface area contributed by atoms with Gasteiger partial charge >= 0.3 is 0 Å². The van der Waals surface area contributed by atoms with Crippen LogP contribution < -0.4 is 10.0 Å². The third-order valence-corrected chi connectivity index (χ3v) is 7.22. The lowest BCUT2D eigenvalue weighted by molar-refractivity contribution is -0.118. The van der Waals surface area contributed by atoms with E-state index in [9.17, 15) is 13.2 Å². The SMILES string of the molecule is Cc1ccc(S(=O)(=O)N[C@H](CC(C)C)C(=O)Nc2nc(CN3CCOCC3)cs2)cc1. The molecular weight excluding hydrogens is 436 g/mol. The summed E-state index contributed by atoms with van der Waals surface area (Å²) in [5.74, 6) is -0.277. The first kappa shape index (κ1) is 23.8. The highest BCUT2D eigenvalue weighted by atomic mass is 32.2. The number of rotatable bonds is 9. The van der Waals surface area contributed by atoms with Gasteiger partial charge in [-0.3, -0.25) is 9.69 Å². The molecule has 2 N–H and O–H groups in total. The van der Waals surface area contributed by atoms with Crippen molar-refractivity contribution in [2.24, 2.45) is 5.92 Å². The lowest BCUT2D eigenvalue weighted by atomic mass is 10.0. The minimum Gasteiger partial charge on any atom is -0.379 e. The van der Waals surface area contributed by atoms with Crippen molar-refractivity contribution in [3.8, 4) is 0 Å². The number of amides is 1. The molecule has 10 heteroatoms. The molecule has 0 radical (unpaired) electrons. The van der Waals surface area contributed by atoms with E-state index in [0.29, 0.717) is 31.3 Å². The van der Waals surface area contributed by atoms with Crippen molar-refractivity contribution in [1.82, 2.24) is 14.6 Å². The summed E-state index contributed by atoms with van der Waals surface area (Å²) in [5.41, 5.74) is 1.84. The Morgan fingerprint density at radius 1 is 1.23 bits per heavy atom. The third kappa shape index (κ3) is 7.08. The number of nitrogens with one attached hydrogen (secondary N) is 2. The number of benzene rings is 1. The quantitative estimate of drug-likeness (QED) is 0.589. The fraction of sp³-hybridized carbons (Fsp3) is 0.524. The number of carbonyl (C=O) groups excluding carboxylic acids is 1. The molecule has 2 heterocycles. The maximum Gasteiger partial charge on any atom is 0.244 e. The number of aryl methyl sites for hydroxylation is 1. The molecule has 170 valence electrons. The molecule has 1 atom stereocenters. The van der Waals surface area contributed by atoms with Crippen molar-refractivity contribution < 1.29 is 17.9 Å². The Morgan fingerprint density at radius 2 is 1.90 bits per heavy atom. The molecule has 1 aliphatic heterocycles. The van der Waals surface area contributed by atoms with Crippen LogP contribution in [-0.4, -0.2) is 56.6 Å². The molecule has 0 bridgehead atoms. The van der Waals surface area contributed by atoms with Gasteiger partial charge in [0, 0.05) is 25.0 Å². The van der Waals surface area contributed by atoms with Gasteiger partial charge in [0.25, 0.3) is 0 Å². The van der Waals surface area contributed by atoms with Crippen LogP contribution in [0.15, 0.2) is 34.5 Å². The van der Waals surface area contributed by atoms with E-state index in [0.717, 1.165) is 24.3 Å². The number of hydrogen-bond acceptors (Lipinski definition) is 7. The Morgan fingerprint density at radius 3 is 2.55 bits per heavy atom. The first-order valence-corrected chi connectivity index (χ1v) is 12.7. The van der Waals surface area contributed by atoms with Gasteiger partial charge in [0.15, 0.2) is 5.13 Å². The topological polar surface area (TPSA) is 101 Å². The first-order valence-electron chi connectivity index (χ1n) is 10.4. The van der Waals surface area contributed by atoms with E-state index in [1.165, 1.54) is 11.3 Å². The van der Waals surface area contributed by atoms with Crippen LogP contribution in [0, 0.1) is 12.8 Å². The number of aromatic nitrogens is 1. The zero-order chi connectivity index (χ0) is 22.4. The number of ether oxygens (including phenoxy) is 1. The molecule has 3 rings (SSSR count). The van der Waals surface area contributed by atoms with Crippen molar-refractivity contribution in [1.29, 1.82) is 0 Å². The normalized spacial score (nSPS) is 16.4. The fourth-order valence-corrected chi connectivity index (χ4v) is 5.18. The summed E-state index contributed by atoms with van der Waals surface area (Å²) in [6.07, 6.45) is 0.378. The van der Waals surface area contributed by atoms with Crippen LogP contribution in [0.4, 0.5) is 5.13 Å². The van der Waals surface area contributed by atoms with E-state index in [1.54, 1.807) is 24.3 Å². The fourth-order valence-electron chi connectivity index (χ4n) is 3.27. The summed E-state index contributed by atoms with van der Waals surface area (Å²) < 4.78 is 33.5. The summed E-state index contributed by atoms with van der Waals surface area (Å²) in [6.45, 7) is 9.63. The van der Waals surface area contributed by atoms with E-state index in [-0.39, 0.29) is 10.8 Å². The molecule has 0 aliphatic carbocycles. The van der Waals surface area contributed by atoms with Crippen LogP contribution in [-0.2, 0) is 26.1 Å².